The molecule has 2 unspecified atom stereocenters. The molecule has 0 saturated carbocycles. The molecule has 188 valence electrons. The van der Waals surface area contributed by atoms with Gasteiger partial charge in [-0.3, -0.25) is 9.59 Å². The number of anilines is 1. The number of carbonyl (C=O) groups is 2. The molecular formula is C28H24F2N4O2S. The van der Waals surface area contributed by atoms with E-state index in [9.17, 15) is 18.4 Å². The van der Waals surface area contributed by atoms with Crippen LogP contribution in [0.4, 0.5) is 14.5 Å². The number of hydrogen-bond donors (Lipinski definition) is 1. The molecule has 1 N–H and O–H groups in total. The number of aliphatic imine (C=N–C) groups is 1. The predicted octanol–water partition coefficient (Wildman–Crippen LogP) is 5.76. The molecule has 0 spiro atoms. The summed E-state index contributed by atoms with van der Waals surface area (Å²) in [5, 5.41) is 8.92. The molecule has 0 saturated heterocycles. The maximum atomic E-state index is 13.6. The largest absolute Gasteiger partial charge is 0.326 e. The SMILES string of the molecule is Cc1cc(C)cc(NC(=O)CC2SC(N3N=C(c4ccc(F)cc4)CC3c3ccc(F)cc3)=NC2=O)c1. The molecule has 0 aliphatic carbocycles. The summed E-state index contributed by atoms with van der Waals surface area (Å²) in [4.78, 5) is 29.7. The fourth-order valence-corrected chi connectivity index (χ4v) is 5.54. The van der Waals surface area contributed by atoms with E-state index in [1.807, 2.05) is 32.0 Å². The van der Waals surface area contributed by atoms with Crippen LogP contribution < -0.4 is 5.32 Å². The summed E-state index contributed by atoms with van der Waals surface area (Å²) in [6, 6.07) is 17.5. The Kier molecular flexibility index (Phi) is 6.88. The summed E-state index contributed by atoms with van der Waals surface area (Å²) < 4.78 is 27.1. The fourth-order valence-electron chi connectivity index (χ4n) is 4.48. The number of carbonyl (C=O) groups excluding carboxylic acids is 2. The van der Waals surface area contributed by atoms with Crippen molar-refractivity contribution < 1.29 is 18.4 Å². The average Bonchev–Trinajstić information content (AvgIpc) is 3.43. The zero-order valence-corrected chi connectivity index (χ0v) is 21.1. The normalized spacial score (nSPS) is 19.1. The minimum atomic E-state index is -0.681. The van der Waals surface area contributed by atoms with Crippen LogP contribution in [0, 0.1) is 25.5 Å². The van der Waals surface area contributed by atoms with Crippen LogP contribution in [0.3, 0.4) is 0 Å². The highest BCUT2D eigenvalue weighted by Crippen LogP contribution is 2.38. The zero-order chi connectivity index (χ0) is 26.1. The van der Waals surface area contributed by atoms with Gasteiger partial charge in [-0.25, -0.2) is 13.8 Å². The third-order valence-corrected chi connectivity index (χ3v) is 7.29. The Balaban J connectivity index is 1.35. The average molecular weight is 519 g/mol. The molecule has 0 radical (unpaired) electrons. The molecule has 6 nitrogen and oxygen atoms in total. The lowest BCUT2D eigenvalue weighted by molar-refractivity contribution is -0.121. The number of halogens is 2. The Morgan fingerprint density at radius 1 is 1.00 bits per heavy atom. The first-order valence-electron chi connectivity index (χ1n) is 11.8. The Morgan fingerprint density at radius 3 is 2.27 bits per heavy atom. The van der Waals surface area contributed by atoms with Crippen molar-refractivity contribution in [2.24, 2.45) is 10.1 Å². The zero-order valence-electron chi connectivity index (χ0n) is 20.2. The maximum Gasteiger partial charge on any atom is 0.262 e. The Hall–Kier alpha value is -3.85. The van der Waals surface area contributed by atoms with Crippen molar-refractivity contribution >= 4 is 40.1 Å². The van der Waals surface area contributed by atoms with Gasteiger partial charge in [0.1, 0.15) is 16.9 Å². The summed E-state index contributed by atoms with van der Waals surface area (Å²) in [7, 11) is 0. The molecule has 0 fully saturated rings. The summed E-state index contributed by atoms with van der Waals surface area (Å²) in [5.74, 6) is -1.39. The number of nitrogens with one attached hydrogen (secondary N) is 1. The van der Waals surface area contributed by atoms with Gasteiger partial charge >= 0.3 is 0 Å². The van der Waals surface area contributed by atoms with Gasteiger partial charge in [-0.1, -0.05) is 42.1 Å². The van der Waals surface area contributed by atoms with Gasteiger partial charge in [-0.05, 0) is 72.5 Å². The second-order valence-corrected chi connectivity index (χ2v) is 10.3. The molecular weight excluding hydrogens is 494 g/mol. The van der Waals surface area contributed by atoms with Gasteiger partial charge < -0.3 is 5.32 Å². The van der Waals surface area contributed by atoms with Gasteiger partial charge in [0.05, 0.1) is 11.8 Å². The van der Waals surface area contributed by atoms with Gasteiger partial charge in [0, 0.05) is 18.5 Å². The number of nitrogens with zero attached hydrogens (tertiary/aromatic N) is 3. The van der Waals surface area contributed by atoms with Crippen molar-refractivity contribution in [1.29, 1.82) is 0 Å². The predicted molar refractivity (Wildman–Crippen MR) is 142 cm³/mol. The van der Waals surface area contributed by atoms with E-state index in [4.69, 9.17) is 5.10 Å². The van der Waals surface area contributed by atoms with Crippen LogP contribution in [0.25, 0.3) is 0 Å². The first kappa shape index (κ1) is 24.8. The highest BCUT2D eigenvalue weighted by molar-refractivity contribution is 8.15. The molecule has 2 atom stereocenters. The molecule has 2 aliphatic heterocycles. The summed E-state index contributed by atoms with van der Waals surface area (Å²) in [5.41, 5.74) is 4.99. The summed E-state index contributed by atoms with van der Waals surface area (Å²) >= 11 is 1.19. The number of rotatable bonds is 5. The first-order chi connectivity index (χ1) is 17.7. The quantitative estimate of drug-likeness (QED) is 0.466. The van der Waals surface area contributed by atoms with E-state index in [1.165, 1.54) is 36.0 Å². The molecule has 2 amide bonds. The highest BCUT2D eigenvalue weighted by atomic mass is 32.2. The van der Waals surface area contributed by atoms with Gasteiger partial charge in [-0.15, -0.1) is 0 Å². The number of aryl methyl sites for hydroxylation is 2. The monoisotopic (exact) mass is 518 g/mol. The van der Waals surface area contributed by atoms with Crippen molar-refractivity contribution in [2.45, 2.75) is 38.0 Å². The van der Waals surface area contributed by atoms with E-state index in [0.29, 0.717) is 23.0 Å². The molecule has 9 heteroatoms. The Morgan fingerprint density at radius 2 is 1.62 bits per heavy atom. The van der Waals surface area contributed by atoms with Gasteiger partial charge in [0.15, 0.2) is 5.17 Å². The minimum absolute atomic E-state index is 0.0346. The van der Waals surface area contributed by atoms with Gasteiger partial charge in [-0.2, -0.15) is 10.1 Å². The van der Waals surface area contributed by atoms with E-state index in [2.05, 4.69) is 10.3 Å². The third kappa shape index (κ3) is 5.61. The van der Waals surface area contributed by atoms with Crippen LogP contribution in [0.15, 0.2) is 76.8 Å². The van der Waals surface area contributed by atoms with E-state index < -0.39 is 11.2 Å². The lowest BCUT2D eigenvalue weighted by Crippen LogP contribution is -2.25. The van der Waals surface area contributed by atoms with E-state index in [0.717, 1.165) is 22.3 Å². The molecule has 2 aliphatic rings. The van der Waals surface area contributed by atoms with E-state index in [1.54, 1.807) is 29.3 Å². The minimum Gasteiger partial charge on any atom is -0.326 e. The Bertz CT molecular complexity index is 1400. The first-order valence-corrected chi connectivity index (χ1v) is 12.7. The van der Waals surface area contributed by atoms with Crippen molar-refractivity contribution in [3.63, 3.8) is 0 Å². The second-order valence-electron chi connectivity index (χ2n) is 9.14. The summed E-state index contributed by atoms with van der Waals surface area (Å²) in [6.07, 6.45) is 0.427. The molecule has 0 aromatic heterocycles. The molecule has 5 rings (SSSR count). The van der Waals surface area contributed by atoms with Crippen LogP contribution >= 0.6 is 11.8 Å². The fraction of sp³-hybridized carbons (Fsp3) is 0.214. The van der Waals surface area contributed by atoms with Crippen LogP contribution in [-0.4, -0.2) is 33.0 Å². The lowest BCUT2D eigenvalue weighted by atomic mass is 9.98. The molecule has 3 aromatic carbocycles. The molecule has 0 bridgehead atoms. The van der Waals surface area contributed by atoms with Crippen LogP contribution in [0.2, 0.25) is 0 Å². The topological polar surface area (TPSA) is 74.1 Å². The standard InChI is InChI=1S/C28H24F2N4O2S/c1-16-11-17(2)13-22(12-16)31-26(35)15-25-27(36)32-28(37-25)34-24(19-5-9-21(30)10-6-19)14-23(33-34)18-3-7-20(29)8-4-18/h3-13,24-25H,14-15H2,1-2H3,(H,31,35). The van der Waals surface area contributed by atoms with Crippen LogP contribution in [-0.2, 0) is 9.59 Å². The number of benzene rings is 3. The smallest absolute Gasteiger partial charge is 0.262 e. The molecule has 2 heterocycles. The third-order valence-electron chi connectivity index (χ3n) is 6.14. The summed E-state index contributed by atoms with van der Waals surface area (Å²) in [6.45, 7) is 3.90. The van der Waals surface area contributed by atoms with Gasteiger partial charge in [0.25, 0.3) is 5.91 Å². The maximum absolute atomic E-state index is 13.6. The lowest BCUT2D eigenvalue weighted by Gasteiger charge is -2.23. The van der Waals surface area contributed by atoms with Crippen molar-refractivity contribution in [3.05, 3.63) is 101 Å². The number of hydrogen-bond acceptors (Lipinski definition) is 5. The number of thioether (sulfide) groups is 1. The van der Waals surface area contributed by atoms with Crippen molar-refractivity contribution in [2.75, 3.05) is 5.32 Å². The molecule has 37 heavy (non-hydrogen) atoms. The Labute approximate surface area is 217 Å². The second kappa shape index (κ2) is 10.3. The van der Waals surface area contributed by atoms with E-state index >= 15 is 0 Å². The highest BCUT2D eigenvalue weighted by Gasteiger charge is 2.39. The number of amidine groups is 1. The van der Waals surface area contributed by atoms with Crippen LogP contribution in [0.1, 0.15) is 41.1 Å². The molecule has 3 aromatic rings. The number of amides is 2. The van der Waals surface area contributed by atoms with Crippen molar-refractivity contribution in [1.82, 2.24) is 5.01 Å². The van der Waals surface area contributed by atoms with Gasteiger partial charge in [0.2, 0.25) is 5.91 Å². The van der Waals surface area contributed by atoms with E-state index in [-0.39, 0.29) is 30.0 Å². The van der Waals surface area contributed by atoms with Crippen LogP contribution in [0.5, 0.6) is 0 Å². The number of hydrazone groups is 1. The van der Waals surface area contributed by atoms with Crippen molar-refractivity contribution in [3.8, 4) is 0 Å².